The van der Waals surface area contributed by atoms with Crippen LogP contribution in [0.5, 0.6) is 5.75 Å². The summed E-state index contributed by atoms with van der Waals surface area (Å²) < 4.78 is 8.24. The Bertz CT molecular complexity index is 1580. The van der Waals surface area contributed by atoms with Gasteiger partial charge in [0.2, 0.25) is 0 Å². The fourth-order valence-electron chi connectivity index (χ4n) is 3.85. The summed E-state index contributed by atoms with van der Waals surface area (Å²) in [4.78, 5) is 30.9. The van der Waals surface area contributed by atoms with Gasteiger partial charge < -0.3 is 9.64 Å². The first-order chi connectivity index (χ1) is 18.2. The number of non-ortho nitro benzene ring substituents is 1. The van der Waals surface area contributed by atoms with Crippen molar-refractivity contribution in [1.29, 1.82) is 0 Å². The average molecular weight is 578 g/mol. The van der Waals surface area contributed by atoms with E-state index in [2.05, 4.69) is 21.0 Å². The highest BCUT2D eigenvalue weighted by atomic mass is 79.9. The van der Waals surface area contributed by atoms with Gasteiger partial charge in [0.05, 0.1) is 22.0 Å². The highest BCUT2D eigenvalue weighted by molar-refractivity contribution is 9.10. The Balaban J connectivity index is 1.75. The van der Waals surface area contributed by atoms with Gasteiger partial charge in [-0.3, -0.25) is 14.9 Å². The largest absolute Gasteiger partial charge is 0.488 e. The number of nitro benzene ring substituents is 1. The van der Waals surface area contributed by atoms with E-state index in [1.54, 1.807) is 24.4 Å². The van der Waals surface area contributed by atoms with E-state index in [-0.39, 0.29) is 23.8 Å². The molecule has 0 aliphatic carbocycles. The number of hydrogen-bond acceptors (Lipinski definition) is 7. The molecule has 0 saturated heterocycles. The van der Waals surface area contributed by atoms with Crippen LogP contribution in [-0.4, -0.2) is 34.9 Å². The van der Waals surface area contributed by atoms with Crippen LogP contribution in [0.25, 0.3) is 10.9 Å². The van der Waals surface area contributed by atoms with Gasteiger partial charge in [0.1, 0.15) is 18.2 Å². The lowest BCUT2D eigenvalue weighted by Gasteiger charge is -2.17. The normalized spacial score (nSPS) is 12.1. The molecule has 3 aromatic carbocycles. The number of benzene rings is 3. The minimum absolute atomic E-state index is 0.00215. The second kappa shape index (κ2) is 11.6. The fraction of sp³-hybridized carbons (Fsp3) is 0.250. The van der Waals surface area contributed by atoms with Gasteiger partial charge in [-0.05, 0) is 42.3 Å². The van der Waals surface area contributed by atoms with Crippen LogP contribution in [0.4, 0.5) is 11.4 Å². The Labute approximate surface area is 228 Å². The molecule has 0 saturated carbocycles. The minimum atomic E-state index is -0.434. The van der Waals surface area contributed by atoms with Gasteiger partial charge in [-0.1, -0.05) is 41.9 Å². The molecule has 4 aromatic rings. The van der Waals surface area contributed by atoms with Crippen LogP contribution in [0.2, 0.25) is 0 Å². The van der Waals surface area contributed by atoms with E-state index in [0.717, 1.165) is 16.6 Å². The third kappa shape index (κ3) is 5.91. The number of halogens is 1. The van der Waals surface area contributed by atoms with Crippen molar-refractivity contribution >= 4 is 44.4 Å². The van der Waals surface area contributed by atoms with Gasteiger partial charge in [0, 0.05) is 53.9 Å². The molecule has 9 nitrogen and oxygen atoms in total. The Kier molecular flexibility index (Phi) is 8.21. The molecule has 196 valence electrons. The van der Waals surface area contributed by atoms with Crippen LogP contribution in [0.1, 0.15) is 43.1 Å². The van der Waals surface area contributed by atoms with Crippen LogP contribution in [0.15, 0.2) is 75.0 Å². The average Bonchev–Trinajstić information content (AvgIpc) is 2.91. The predicted octanol–water partition coefficient (Wildman–Crippen LogP) is 6.11. The van der Waals surface area contributed by atoms with Crippen molar-refractivity contribution in [1.82, 2.24) is 9.66 Å². The van der Waals surface area contributed by atoms with E-state index in [0.29, 0.717) is 33.6 Å². The van der Waals surface area contributed by atoms with Gasteiger partial charge in [0.15, 0.2) is 0 Å². The summed E-state index contributed by atoms with van der Waals surface area (Å²) in [6.07, 6.45) is 2.38. The first kappa shape index (κ1) is 27.0. The molecule has 1 aromatic heterocycles. The Morgan fingerprint density at radius 2 is 1.97 bits per heavy atom. The van der Waals surface area contributed by atoms with Crippen LogP contribution in [0.3, 0.4) is 0 Å². The predicted molar refractivity (Wildman–Crippen MR) is 154 cm³/mol. The monoisotopic (exact) mass is 577 g/mol. The molecule has 0 fully saturated rings. The van der Waals surface area contributed by atoms with E-state index in [1.807, 2.05) is 63.2 Å². The third-order valence-corrected chi connectivity index (χ3v) is 6.72. The summed E-state index contributed by atoms with van der Waals surface area (Å²) in [6, 6.07) is 17.4. The number of aromatic nitrogens is 2. The van der Waals surface area contributed by atoms with Crippen molar-refractivity contribution in [2.75, 3.05) is 19.0 Å². The van der Waals surface area contributed by atoms with Crippen molar-refractivity contribution in [2.45, 2.75) is 32.8 Å². The van der Waals surface area contributed by atoms with Crippen LogP contribution < -0.4 is 15.2 Å². The van der Waals surface area contributed by atoms with Gasteiger partial charge in [-0.15, -0.1) is 0 Å². The number of rotatable bonds is 9. The van der Waals surface area contributed by atoms with Gasteiger partial charge in [-0.25, -0.2) is 4.98 Å². The lowest BCUT2D eigenvalue weighted by molar-refractivity contribution is -0.384. The molecule has 1 heterocycles. The van der Waals surface area contributed by atoms with E-state index in [1.165, 1.54) is 16.8 Å². The molecule has 10 heteroatoms. The van der Waals surface area contributed by atoms with Gasteiger partial charge >= 0.3 is 0 Å². The lowest BCUT2D eigenvalue weighted by atomic mass is 10.1. The van der Waals surface area contributed by atoms with Crippen LogP contribution in [-0.2, 0) is 6.61 Å². The lowest BCUT2D eigenvalue weighted by Crippen LogP contribution is -2.23. The molecule has 4 rings (SSSR count). The second-order valence-electron chi connectivity index (χ2n) is 9.13. The van der Waals surface area contributed by atoms with Crippen molar-refractivity contribution in [2.24, 2.45) is 5.10 Å². The first-order valence-electron chi connectivity index (χ1n) is 12.1. The maximum atomic E-state index is 13.5. The van der Waals surface area contributed by atoms with E-state index >= 15 is 0 Å². The summed E-state index contributed by atoms with van der Waals surface area (Å²) in [5.74, 6) is 1.11. The highest BCUT2D eigenvalue weighted by Crippen LogP contribution is 2.26. The molecule has 0 bridgehead atoms. The maximum absolute atomic E-state index is 13.5. The number of nitro groups is 1. The standard InChI is InChI=1S/C28H28BrN5O4/c1-5-18(2)27-31-25-12-10-21(29)14-24(25)28(35)33(27)30-16-20-9-11-22(32(3)4)15-26(20)38-17-19-7-6-8-23(13-19)34(36)37/h6-16,18H,5,17H2,1-4H3/t18-/m1/s1. The van der Waals surface area contributed by atoms with Crippen LogP contribution in [0, 0.1) is 10.1 Å². The third-order valence-electron chi connectivity index (χ3n) is 6.23. The minimum Gasteiger partial charge on any atom is -0.488 e. The number of hydrogen-bond donors (Lipinski definition) is 0. The molecule has 0 unspecified atom stereocenters. The molecule has 0 spiro atoms. The molecule has 38 heavy (non-hydrogen) atoms. The van der Waals surface area contributed by atoms with Crippen molar-refractivity contribution in [3.8, 4) is 5.75 Å². The Morgan fingerprint density at radius 1 is 1.18 bits per heavy atom. The number of ether oxygens (including phenoxy) is 1. The zero-order chi connectivity index (χ0) is 27.4. The SMILES string of the molecule is CC[C@@H](C)c1nc2ccc(Br)cc2c(=O)n1N=Cc1ccc(N(C)C)cc1OCc1cccc([N+](=O)[O-])c1. The zero-order valence-electron chi connectivity index (χ0n) is 21.6. The molecule has 0 aliphatic rings. The summed E-state index contributed by atoms with van der Waals surface area (Å²) in [5, 5.41) is 16.2. The molecule has 0 amide bonds. The number of fused-ring (bicyclic) bond motifs is 1. The first-order valence-corrected chi connectivity index (χ1v) is 12.9. The molecule has 0 N–H and O–H groups in total. The summed E-state index contributed by atoms with van der Waals surface area (Å²) in [6.45, 7) is 4.18. The Hall–Kier alpha value is -4.05. The van der Waals surface area contributed by atoms with Crippen molar-refractivity contribution < 1.29 is 9.66 Å². The van der Waals surface area contributed by atoms with E-state index < -0.39 is 4.92 Å². The molecular weight excluding hydrogens is 550 g/mol. The zero-order valence-corrected chi connectivity index (χ0v) is 23.2. The topological polar surface area (TPSA) is 103 Å². The number of nitrogens with zero attached hydrogens (tertiary/aromatic N) is 5. The quantitative estimate of drug-likeness (QED) is 0.135. The van der Waals surface area contributed by atoms with Gasteiger partial charge in [-0.2, -0.15) is 9.78 Å². The van der Waals surface area contributed by atoms with E-state index in [9.17, 15) is 14.9 Å². The van der Waals surface area contributed by atoms with Crippen LogP contribution >= 0.6 is 15.9 Å². The highest BCUT2D eigenvalue weighted by Gasteiger charge is 2.16. The number of anilines is 1. The maximum Gasteiger partial charge on any atom is 0.282 e. The van der Waals surface area contributed by atoms with Crippen molar-refractivity contribution in [3.63, 3.8) is 0 Å². The summed E-state index contributed by atoms with van der Waals surface area (Å²) in [5.41, 5.74) is 2.59. The summed E-state index contributed by atoms with van der Waals surface area (Å²) in [7, 11) is 3.84. The molecule has 0 radical (unpaired) electrons. The Morgan fingerprint density at radius 3 is 2.68 bits per heavy atom. The van der Waals surface area contributed by atoms with E-state index in [4.69, 9.17) is 9.72 Å². The molecular formula is C28H28BrN5O4. The van der Waals surface area contributed by atoms with Gasteiger partial charge in [0.25, 0.3) is 11.2 Å². The second-order valence-corrected chi connectivity index (χ2v) is 10.1. The molecule has 0 aliphatic heterocycles. The summed E-state index contributed by atoms with van der Waals surface area (Å²) >= 11 is 3.43. The van der Waals surface area contributed by atoms with Crippen molar-refractivity contribution in [3.05, 3.63) is 103 Å². The fourth-order valence-corrected chi connectivity index (χ4v) is 4.21. The smallest absolute Gasteiger partial charge is 0.282 e. The molecule has 1 atom stereocenters.